The minimum Gasteiger partial charge on any atom is -0.506 e. The molecule has 2 N–H and O–H groups in total. The number of benzene rings is 1. The summed E-state index contributed by atoms with van der Waals surface area (Å²) >= 11 is 0. The maximum absolute atomic E-state index is 11.0. The SMILES string of the molecule is CC(=O)Nc1ccc(Oc2ncnc3ccn(C)c23)cc1O. The zero-order valence-electron chi connectivity index (χ0n) is 12.1. The van der Waals surface area contributed by atoms with Crippen molar-refractivity contribution >= 4 is 22.6 Å². The molecule has 22 heavy (non-hydrogen) atoms. The van der Waals surface area contributed by atoms with Gasteiger partial charge >= 0.3 is 0 Å². The number of phenolic OH excluding ortho intramolecular Hbond substituents is 1. The molecule has 0 spiro atoms. The van der Waals surface area contributed by atoms with Crippen molar-refractivity contribution in [2.45, 2.75) is 6.92 Å². The van der Waals surface area contributed by atoms with Crippen LogP contribution in [0.5, 0.6) is 17.4 Å². The van der Waals surface area contributed by atoms with E-state index in [2.05, 4.69) is 15.3 Å². The van der Waals surface area contributed by atoms with Gasteiger partial charge in [-0.05, 0) is 18.2 Å². The molecule has 2 aromatic heterocycles. The Hall–Kier alpha value is -3.09. The van der Waals surface area contributed by atoms with Crippen LogP contribution in [0.15, 0.2) is 36.8 Å². The van der Waals surface area contributed by atoms with Gasteiger partial charge in [-0.1, -0.05) is 0 Å². The second kappa shape index (κ2) is 5.36. The van der Waals surface area contributed by atoms with Crippen molar-refractivity contribution in [3.63, 3.8) is 0 Å². The van der Waals surface area contributed by atoms with Gasteiger partial charge in [0.1, 0.15) is 23.3 Å². The quantitative estimate of drug-likeness (QED) is 0.725. The van der Waals surface area contributed by atoms with Crippen molar-refractivity contribution < 1.29 is 14.6 Å². The minimum absolute atomic E-state index is 0.0788. The topological polar surface area (TPSA) is 89.3 Å². The summed E-state index contributed by atoms with van der Waals surface area (Å²) in [5.41, 5.74) is 1.85. The monoisotopic (exact) mass is 298 g/mol. The Balaban J connectivity index is 1.94. The number of nitrogens with zero attached hydrogens (tertiary/aromatic N) is 3. The second-order valence-corrected chi connectivity index (χ2v) is 4.80. The van der Waals surface area contributed by atoms with E-state index in [0.717, 1.165) is 11.0 Å². The van der Waals surface area contributed by atoms with Crippen LogP contribution in [-0.2, 0) is 11.8 Å². The lowest BCUT2D eigenvalue weighted by Crippen LogP contribution is -2.05. The Morgan fingerprint density at radius 2 is 2.14 bits per heavy atom. The van der Waals surface area contributed by atoms with Crippen LogP contribution in [0.2, 0.25) is 0 Å². The van der Waals surface area contributed by atoms with Crippen molar-refractivity contribution in [3.8, 4) is 17.4 Å². The van der Waals surface area contributed by atoms with Crippen LogP contribution >= 0.6 is 0 Å². The number of hydrogen-bond donors (Lipinski definition) is 2. The van der Waals surface area contributed by atoms with Gasteiger partial charge < -0.3 is 19.7 Å². The van der Waals surface area contributed by atoms with Crippen LogP contribution < -0.4 is 10.1 Å². The molecule has 3 rings (SSSR count). The van der Waals surface area contributed by atoms with Crippen LogP contribution in [0.4, 0.5) is 5.69 Å². The number of fused-ring (bicyclic) bond motifs is 1. The third-order valence-corrected chi connectivity index (χ3v) is 3.12. The molecule has 1 amide bonds. The number of aromatic hydroxyl groups is 1. The third kappa shape index (κ3) is 2.56. The fourth-order valence-electron chi connectivity index (χ4n) is 2.14. The van der Waals surface area contributed by atoms with Gasteiger partial charge in [0.05, 0.1) is 11.2 Å². The highest BCUT2D eigenvalue weighted by molar-refractivity contribution is 5.90. The number of aromatic nitrogens is 3. The molecule has 0 unspecified atom stereocenters. The standard InChI is InChI=1S/C15H14N4O3/c1-9(20)18-11-4-3-10(7-13(11)21)22-15-14-12(16-8-17-15)5-6-19(14)2/h3-8,21H,1-2H3,(H,18,20). The van der Waals surface area contributed by atoms with E-state index >= 15 is 0 Å². The Morgan fingerprint density at radius 1 is 1.32 bits per heavy atom. The van der Waals surface area contributed by atoms with Gasteiger partial charge in [0.15, 0.2) is 0 Å². The van der Waals surface area contributed by atoms with E-state index in [1.807, 2.05) is 23.9 Å². The van der Waals surface area contributed by atoms with Crippen molar-refractivity contribution in [3.05, 3.63) is 36.8 Å². The van der Waals surface area contributed by atoms with E-state index in [-0.39, 0.29) is 11.7 Å². The summed E-state index contributed by atoms with van der Waals surface area (Å²) in [5.74, 6) is 0.465. The van der Waals surface area contributed by atoms with Crippen LogP contribution in [0.25, 0.3) is 11.0 Å². The smallest absolute Gasteiger partial charge is 0.247 e. The molecular weight excluding hydrogens is 284 g/mol. The first-order chi connectivity index (χ1) is 10.5. The predicted molar refractivity (Wildman–Crippen MR) is 81.0 cm³/mol. The maximum atomic E-state index is 11.0. The Bertz CT molecular complexity index is 857. The number of aryl methyl sites for hydroxylation is 1. The first kappa shape index (κ1) is 13.9. The highest BCUT2D eigenvalue weighted by atomic mass is 16.5. The zero-order chi connectivity index (χ0) is 15.7. The molecule has 0 saturated heterocycles. The van der Waals surface area contributed by atoms with Gasteiger partial charge in [-0.15, -0.1) is 0 Å². The summed E-state index contributed by atoms with van der Waals surface area (Å²) in [6.07, 6.45) is 3.28. The number of phenols is 1. The van der Waals surface area contributed by atoms with Gasteiger partial charge in [-0.2, -0.15) is 4.98 Å². The van der Waals surface area contributed by atoms with Crippen LogP contribution in [-0.4, -0.2) is 25.5 Å². The van der Waals surface area contributed by atoms with Crippen molar-refractivity contribution in [2.24, 2.45) is 7.05 Å². The van der Waals surface area contributed by atoms with Crippen molar-refractivity contribution in [2.75, 3.05) is 5.32 Å². The number of carbonyl (C=O) groups is 1. The summed E-state index contributed by atoms with van der Waals surface area (Å²) in [6.45, 7) is 1.37. The molecule has 2 heterocycles. The fourth-order valence-corrected chi connectivity index (χ4v) is 2.14. The van der Waals surface area contributed by atoms with E-state index in [0.29, 0.717) is 17.3 Å². The van der Waals surface area contributed by atoms with Crippen molar-refractivity contribution in [1.82, 2.24) is 14.5 Å². The molecule has 0 fully saturated rings. The van der Waals surface area contributed by atoms with Gasteiger partial charge in [-0.3, -0.25) is 4.79 Å². The fraction of sp³-hybridized carbons (Fsp3) is 0.133. The average Bonchev–Trinajstić information content (AvgIpc) is 2.84. The van der Waals surface area contributed by atoms with Crippen LogP contribution in [0, 0.1) is 0 Å². The molecule has 0 atom stereocenters. The summed E-state index contributed by atoms with van der Waals surface area (Å²) in [5, 5.41) is 12.4. The van der Waals surface area contributed by atoms with Gasteiger partial charge in [0.25, 0.3) is 0 Å². The highest BCUT2D eigenvalue weighted by Crippen LogP contribution is 2.32. The molecule has 0 saturated carbocycles. The molecule has 0 radical (unpaired) electrons. The number of carbonyl (C=O) groups excluding carboxylic acids is 1. The minimum atomic E-state index is -0.259. The first-order valence-electron chi connectivity index (χ1n) is 6.59. The molecule has 7 heteroatoms. The summed E-state index contributed by atoms with van der Waals surface area (Å²) in [7, 11) is 1.87. The predicted octanol–water partition coefficient (Wildman–Crippen LogP) is 2.42. The molecule has 0 bridgehead atoms. The molecule has 0 aliphatic rings. The number of anilines is 1. The second-order valence-electron chi connectivity index (χ2n) is 4.80. The lowest BCUT2D eigenvalue weighted by Gasteiger charge is -2.09. The molecule has 0 aliphatic heterocycles. The summed E-state index contributed by atoms with van der Waals surface area (Å²) in [4.78, 5) is 19.3. The number of amides is 1. The lowest BCUT2D eigenvalue weighted by atomic mass is 10.2. The lowest BCUT2D eigenvalue weighted by molar-refractivity contribution is -0.114. The van der Waals surface area contributed by atoms with Crippen LogP contribution in [0.3, 0.4) is 0 Å². The molecule has 3 aromatic rings. The van der Waals surface area contributed by atoms with E-state index in [1.165, 1.54) is 19.3 Å². The largest absolute Gasteiger partial charge is 0.506 e. The normalized spacial score (nSPS) is 10.6. The maximum Gasteiger partial charge on any atom is 0.247 e. The van der Waals surface area contributed by atoms with Gasteiger partial charge in [-0.25, -0.2) is 4.98 Å². The molecular formula is C15H14N4O3. The number of nitrogens with one attached hydrogen (secondary N) is 1. The van der Waals surface area contributed by atoms with Crippen molar-refractivity contribution in [1.29, 1.82) is 0 Å². The summed E-state index contributed by atoms with van der Waals surface area (Å²) in [6, 6.07) is 6.49. The Kier molecular flexibility index (Phi) is 3.38. The van der Waals surface area contributed by atoms with Gasteiger partial charge in [0.2, 0.25) is 11.8 Å². The Labute approximate surface area is 126 Å². The number of hydrogen-bond acceptors (Lipinski definition) is 5. The molecule has 112 valence electrons. The third-order valence-electron chi connectivity index (χ3n) is 3.12. The van der Waals surface area contributed by atoms with E-state index in [9.17, 15) is 9.90 Å². The first-order valence-corrected chi connectivity index (χ1v) is 6.59. The van der Waals surface area contributed by atoms with Crippen LogP contribution in [0.1, 0.15) is 6.92 Å². The molecule has 7 nitrogen and oxygen atoms in total. The average molecular weight is 298 g/mol. The number of ether oxygens (including phenoxy) is 1. The Morgan fingerprint density at radius 3 is 2.86 bits per heavy atom. The molecule has 1 aromatic carbocycles. The van der Waals surface area contributed by atoms with E-state index in [4.69, 9.17) is 4.74 Å². The highest BCUT2D eigenvalue weighted by Gasteiger charge is 2.11. The molecule has 0 aliphatic carbocycles. The zero-order valence-corrected chi connectivity index (χ0v) is 12.1. The van der Waals surface area contributed by atoms with E-state index in [1.54, 1.807) is 12.1 Å². The van der Waals surface area contributed by atoms with Gasteiger partial charge in [0, 0.05) is 26.2 Å². The number of rotatable bonds is 3. The van der Waals surface area contributed by atoms with E-state index < -0.39 is 0 Å². The summed E-state index contributed by atoms with van der Waals surface area (Å²) < 4.78 is 7.58.